The molecular formula is C16H16. The van der Waals surface area contributed by atoms with Gasteiger partial charge in [-0.05, 0) is 24.0 Å². The molecule has 2 atom stereocenters. The molecular weight excluding hydrogens is 192 g/mol. The Morgan fingerprint density at radius 3 is 1.69 bits per heavy atom. The molecule has 0 nitrogen and oxygen atoms in total. The summed E-state index contributed by atoms with van der Waals surface area (Å²) in [6.07, 6.45) is 15.4. The molecule has 0 aromatic rings. The second kappa shape index (κ2) is 3.48. The summed E-state index contributed by atoms with van der Waals surface area (Å²) < 4.78 is 0. The van der Waals surface area contributed by atoms with Crippen molar-refractivity contribution >= 4 is 0 Å². The van der Waals surface area contributed by atoms with Gasteiger partial charge in [-0.1, -0.05) is 60.8 Å². The van der Waals surface area contributed by atoms with E-state index in [-0.39, 0.29) is 0 Å². The average molecular weight is 208 g/mol. The average Bonchev–Trinajstić information content (AvgIpc) is 2.29. The molecule has 0 N–H and O–H groups in total. The van der Waals surface area contributed by atoms with Gasteiger partial charge in [-0.15, -0.1) is 0 Å². The van der Waals surface area contributed by atoms with Crippen LogP contribution in [0.25, 0.3) is 0 Å². The van der Waals surface area contributed by atoms with Crippen molar-refractivity contribution in [1.82, 2.24) is 0 Å². The zero-order valence-electron chi connectivity index (χ0n) is 9.45. The highest BCUT2D eigenvalue weighted by Gasteiger charge is 2.35. The highest BCUT2D eigenvalue weighted by Crippen LogP contribution is 2.47. The standard InChI is InChI=1S/C16H16/c1-11-5-3-7-13-9-10-14-8-4-6-12(2)16(14)15(11)13/h3-8,15-16H,1-2,9-10H2. The van der Waals surface area contributed by atoms with Crippen LogP contribution in [0.2, 0.25) is 0 Å². The van der Waals surface area contributed by atoms with E-state index in [1.54, 1.807) is 0 Å². The lowest BCUT2D eigenvalue weighted by Gasteiger charge is -2.39. The first-order valence-corrected chi connectivity index (χ1v) is 5.89. The maximum Gasteiger partial charge on any atom is 0.0152 e. The second-order valence-corrected chi connectivity index (χ2v) is 4.81. The lowest BCUT2D eigenvalue weighted by atomic mass is 9.64. The Kier molecular flexibility index (Phi) is 2.10. The van der Waals surface area contributed by atoms with E-state index in [0.29, 0.717) is 11.8 Å². The first-order valence-electron chi connectivity index (χ1n) is 5.89. The molecule has 3 aliphatic rings. The first-order chi connectivity index (χ1) is 7.77. The fourth-order valence-electron chi connectivity index (χ4n) is 3.10. The molecule has 16 heavy (non-hydrogen) atoms. The van der Waals surface area contributed by atoms with Gasteiger partial charge in [0, 0.05) is 11.8 Å². The van der Waals surface area contributed by atoms with Gasteiger partial charge < -0.3 is 0 Å². The number of rotatable bonds is 0. The summed E-state index contributed by atoms with van der Waals surface area (Å²) in [6, 6.07) is 0. The molecule has 3 rings (SSSR count). The highest BCUT2D eigenvalue weighted by atomic mass is 14.4. The third-order valence-electron chi connectivity index (χ3n) is 3.87. The van der Waals surface area contributed by atoms with E-state index < -0.39 is 0 Å². The normalized spacial score (nSPS) is 31.8. The van der Waals surface area contributed by atoms with Gasteiger partial charge in [-0.3, -0.25) is 0 Å². The SMILES string of the molecule is C=C1C=CC=C2CCC3=CC=CC(=C)C3C12. The van der Waals surface area contributed by atoms with Gasteiger partial charge in [0.25, 0.3) is 0 Å². The van der Waals surface area contributed by atoms with Crippen molar-refractivity contribution in [3.05, 3.63) is 71.9 Å². The minimum atomic E-state index is 0.474. The van der Waals surface area contributed by atoms with Crippen molar-refractivity contribution in [1.29, 1.82) is 0 Å². The minimum absolute atomic E-state index is 0.474. The smallest absolute Gasteiger partial charge is 0.0152 e. The third-order valence-corrected chi connectivity index (χ3v) is 3.87. The molecule has 0 saturated heterocycles. The van der Waals surface area contributed by atoms with E-state index in [4.69, 9.17) is 0 Å². The van der Waals surface area contributed by atoms with Crippen molar-refractivity contribution in [2.24, 2.45) is 11.8 Å². The zero-order valence-corrected chi connectivity index (χ0v) is 9.45. The van der Waals surface area contributed by atoms with Gasteiger partial charge in [-0.25, -0.2) is 0 Å². The van der Waals surface area contributed by atoms with E-state index in [1.807, 2.05) is 0 Å². The Balaban J connectivity index is 2.07. The van der Waals surface area contributed by atoms with E-state index in [0.717, 1.165) is 0 Å². The van der Waals surface area contributed by atoms with Crippen LogP contribution in [0.1, 0.15) is 12.8 Å². The van der Waals surface area contributed by atoms with E-state index in [9.17, 15) is 0 Å². The second-order valence-electron chi connectivity index (χ2n) is 4.81. The van der Waals surface area contributed by atoms with Crippen LogP contribution >= 0.6 is 0 Å². The lowest BCUT2D eigenvalue weighted by molar-refractivity contribution is 0.488. The molecule has 0 spiro atoms. The van der Waals surface area contributed by atoms with Gasteiger partial charge in [0.15, 0.2) is 0 Å². The Morgan fingerprint density at radius 2 is 1.25 bits per heavy atom. The Hall–Kier alpha value is -1.56. The van der Waals surface area contributed by atoms with Crippen LogP contribution in [0.5, 0.6) is 0 Å². The molecule has 3 aliphatic carbocycles. The van der Waals surface area contributed by atoms with Crippen molar-refractivity contribution in [3.63, 3.8) is 0 Å². The summed E-state index contributed by atoms with van der Waals surface area (Å²) in [7, 11) is 0. The zero-order chi connectivity index (χ0) is 11.1. The molecule has 0 heteroatoms. The van der Waals surface area contributed by atoms with Crippen LogP contribution in [0.4, 0.5) is 0 Å². The summed E-state index contributed by atoms with van der Waals surface area (Å²) in [4.78, 5) is 0. The number of hydrogen-bond acceptors (Lipinski definition) is 0. The summed E-state index contributed by atoms with van der Waals surface area (Å²) in [5.74, 6) is 0.949. The van der Waals surface area contributed by atoms with Crippen LogP contribution < -0.4 is 0 Å². The summed E-state index contributed by atoms with van der Waals surface area (Å²) in [5.41, 5.74) is 5.55. The molecule has 0 amide bonds. The third kappa shape index (κ3) is 1.30. The van der Waals surface area contributed by atoms with Crippen LogP contribution in [0.15, 0.2) is 71.9 Å². The molecule has 0 aromatic heterocycles. The van der Waals surface area contributed by atoms with Crippen LogP contribution in [-0.2, 0) is 0 Å². The predicted molar refractivity (Wildman–Crippen MR) is 68.9 cm³/mol. The van der Waals surface area contributed by atoms with Crippen molar-refractivity contribution in [3.8, 4) is 0 Å². The quantitative estimate of drug-likeness (QED) is 0.562. The fraction of sp³-hybridized carbons (Fsp3) is 0.250. The largest absolute Gasteiger partial charge is 0.0952 e. The van der Waals surface area contributed by atoms with E-state index in [1.165, 1.54) is 35.1 Å². The maximum atomic E-state index is 4.20. The predicted octanol–water partition coefficient (Wildman–Crippen LogP) is 4.12. The number of hydrogen-bond donors (Lipinski definition) is 0. The summed E-state index contributed by atoms with van der Waals surface area (Å²) in [5, 5.41) is 0. The van der Waals surface area contributed by atoms with Gasteiger partial charge in [0.1, 0.15) is 0 Å². The lowest BCUT2D eigenvalue weighted by Crippen LogP contribution is -2.28. The van der Waals surface area contributed by atoms with E-state index >= 15 is 0 Å². The Labute approximate surface area is 97.1 Å². The fourth-order valence-corrected chi connectivity index (χ4v) is 3.10. The van der Waals surface area contributed by atoms with Crippen LogP contribution in [0.3, 0.4) is 0 Å². The molecule has 1 fully saturated rings. The van der Waals surface area contributed by atoms with E-state index in [2.05, 4.69) is 49.6 Å². The Morgan fingerprint density at radius 1 is 0.812 bits per heavy atom. The van der Waals surface area contributed by atoms with Gasteiger partial charge in [-0.2, -0.15) is 0 Å². The maximum absolute atomic E-state index is 4.20. The summed E-state index contributed by atoms with van der Waals surface area (Å²) >= 11 is 0. The van der Waals surface area contributed by atoms with Gasteiger partial charge in [0.2, 0.25) is 0 Å². The van der Waals surface area contributed by atoms with Crippen molar-refractivity contribution < 1.29 is 0 Å². The number of fused-ring (bicyclic) bond motifs is 3. The monoisotopic (exact) mass is 208 g/mol. The molecule has 80 valence electrons. The minimum Gasteiger partial charge on any atom is -0.0952 e. The van der Waals surface area contributed by atoms with Crippen molar-refractivity contribution in [2.45, 2.75) is 12.8 Å². The topological polar surface area (TPSA) is 0 Å². The van der Waals surface area contributed by atoms with Gasteiger partial charge >= 0.3 is 0 Å². The number of allylic oxidation sites excluding steroid dienone is 10. The molecule has 0 aliphatic heterocycles. The first kappa shape index (κ1) is 9.65. The van der Waals surface area contributed by atoms with Crippen molar-refractivity contribution in [2.75, 3.05) is 0 Å². The van der Waals surface area contributed by atoms with Crippen LogP contribution in [0, 0.1) is 11.8 Å². The highest BCUT2D eigenvalue weighted by molar-refractivity contribution is 5.49. The molecule has 2 unspecified atom stereocenters. The summed E-state index contributed by atoms with van der Waals surface area (Å²) in [6.45, 7) is 8.41. The molecule has 0 radical (unpaired) electrons. The molecule has 0 heterocycles. The molecule has 0 aromatic carbocycles. The van der Waals surface area contributed by atoms with Crippen LogP contribution in [-0.4, -0.2) is 0 Å². The Bertz CT molecular complexity index is 434. The van der Waals surface area contributed by atoms with Gasteiger partial charge in [0.05, 0.1) is 0 Å². The molecule has 0 bridgehead atoms. The molecule has 1 saturated carbocycles.